The lowest BCUT2D eigenvalue weighted by Gasteiger charge is -2.26. The second kappa shape index (κ2) is 11.8. The number of H-pyrrole nitrogens is 1. The first-order valence-corrected chi connectivity index (χ1v) is 16.6. The third kappa shape index (κ3) is 6.07. The van der Waals surface area contributed by atoms with E-state index in [1.165, 1.54) is 17.2 Å². The number of nitrogens with zero attached hydrogens (tertiary/aromatic N) is 5. The van der Waals surface area contributed by atoms with Crippen LogP contribution in [0, 0.1) is 0 Å². The van der Waals surface area contributed by atoms with Gasteiger partial charge in [0, 0.05) is 18.7 Å². The molecule has 234 valence electrons. The molecule has 2 bridgehead atoms. The molecule has 3 N–H and O–H groups in total. The number of nitrogens with two attached hydrogens (primary N) is 1. The van der Waals surface area contributed by atoms with Crippen LogP contribution in [0.4, 0.5) is 10.2 Å². The summed E-state index contributed by atoms with van der Waals surface area (Å²) in [5.74, 6) is 0.103. The summed E-state index contributed by atoms with van der Waals surface area (Å²) in [6.45, 7) is -5.46. The molecule has 0 radical (unpaired) electrons. The highest BCUT2D eigenvalue weighted by Crippen LogP contribution is 2.59. The van der Waals surface area contributed by atoms with Crippen LogP contribution in [0.5, 0.6) is 0 Å². The van der Waals surface area contributed by atoms with Gasteiger partial charge in [0.15, 0.2) is 30.1 Å². The average Bonchev–Trinajstić information content (AvgIpc) is 3.63. The summed E-state index contributed by atoms with van der Waals surface area (Å²) in [7, 11) is -3.58. The van der Waals surface area contributed by atoms with Crippen molar-refractivity contribution in [3.63, 3.8) is 0 Å². The van der Waals surface area contributed by atoms with Crippen molar-refractivity contribution in [3.8, 4) is 0 Å². The molecule has 9 atom stereocenters. The predicted molar refractivity (Wildman–Crippen MR) is 142 cm³/mol. The van der Waals surface area contributed by atoms with Crippen molar-refractivity contribution in [2.24, 2.45) is 0 Å². The molecule has 23 heteroatoms. The van der Waals surface area contributed by atoms with Gasteiger partial charge in [0.05, 0.1) is 32.8 Å². The fourth-order valence-electron chi connectivity index (χ4n) is 4.88. The van der Waals surface area contributed by atoms with E-state index >= 15 is 4.39 Å². The summed E-state index contributed by atoms with van der Waals surface area (Å²) >= 11 is 3.98. The smallest absolute Gasteiger partial charge is 0.382 e. The maximum atomic E-state index is 15.7. The molecule has 3 fully saturated rings. The van der Waals surface area contributed by atoms with Crippen LogP contribution in [-0.2, 0) is 46.3 Å². The first-order chi connectivity index (χ1) is 20.5. The van der Waals surface area contributed by atoms with Gasteiger partial charge in [-0.1, -0.05) is 12.2 Å². The number of ether oxygens (including phenoxy) is 2. The molecular weight excluding hydrogens is 643 g/mol. The molecule has 3 saturated heterocycles. The van der Waals surface area contributed by atoms with Crippen LogP contribution in [-0.4, -0.2) is 80.0 Å². The first-order valence-electron chi connectivity index (χ1n) is 12.5. The van der Waals surface area contributed by atoms with Crippen LogP contribution >= 0.6 is 26.9 Å². The number of nitrogen functional groups attached to an aromatic ring is 1. The summed E-state index contributed by atoms with van der Waals surface area (Å²) in [5, 5.41) is 0. The van der Waals surface area contributed by atoms with Crippen LogP contribution in [0.3, 0.4) is 0 Å². The van der Waals surface area contributed by atoms with E-state index in [-0.39, 0.29) is 23.4 Å². The molecular formula is C20H24FN7O12P2S. The van der Waals surface area contributed by atoms with Crippen molar-refractivity contribution in [2.45, 2.75) is 49.5 Å². The standard InChI is InChI=1S/C20H24FN7O12P2S/c1-33-40-41(31)34-6-11-15(13(21)19(37-11)27-3-2-12(29)26-20(27)30)39-42(32,43)35-5-9-4-10(38-41)18(36-9)28-8-25-14-16(22)23-7-24-17(14)28/h2-3,7-11,13,15,18-19H,4-6H2,1H3,(H,32,43)(H2,22,23,24)(H,26,29,30)/t9-,10+,11+,13+,15+,18+,19+,41?,42?/m0/s1. The van der Waals surface area contributed by atoms with Crippen LogP contribution in [0.1, 0.15) is 18.9 Å². The summed E-state index contributed by atoms with van der Waals surface area (Å²) in [6, 6.07) is 0.973. The van der Waals surface area contributed by atoms with Crippen molar-refractivity contribution in [3.05, 3.63) is 45.8 Å². The second-order valence-electron chi connectivity index (χ2n) is 9.46. The van der Waals surface area contributed by atoms with Gasteiger partial charge in [-0.05, 0) is 0 Å². The Labute approximate surface area is 244 Å². The Balaban J connectivity index is 1.33. The SMILES string of the molecule is COOP1(=O)OC[C@H]2O[C@@H](n3ccc(=O)[nH]c3=O)[C@H](F)[C@@H]2OP(=O)(S)OC[C@@H]2C[C@@H](O1)[C@H](n1cnc3c(N)ncnc31)O2. The molecule has 3 aliphatic heterocycles. The lowest BCUT2D eigenvalue weighted by molar-refractivity contribution is -0.207. The maximum Gasteiger partial charge on any atom is 0.502 e. The zero-order valence-electron chi connectivity index (χ0n) is 21.9. The van der Waals surface area contributed by atoms with E-state index in [2.05, 4.69) is 32.1 Å². The van der Waals surface area contributed by atoms with Gasteiger partial charge >= 0.3 is 20.3 Å². The monoisotopic (exact) mass is 667 g/mol. The van der Waals surface area contributed by atoms with Crippen molar-refractivity contribution >= 4 is 43.9 Å². The minimum absolute atomic E-state index is 0.00853. The fourth-order valence-corrected chi connectivity index (χ4v) is 7.55. The highest BCUT2D eigenvalue weighted by atomic mass is 32.7. The number of rotatable bonds is 4. The predicted octanol–water partition coefficient (Wildman–Crippen LogP) is 1.02. The van der Waals surface area contributed by atoms with E-state index in [0.717, 1.165) is 23.9 Å². The number of anilines is 1. The number of hydrogen-bond acceptors (Lipinski definition) is 16. The van der Waals surface area contributed by atoms with Gasteiger partial charge in [-0.2, -0.15) is 0 Å². The first kappa shape index (κ1) is 30.5. The third-order valence-electron chi connectivity index (χ3n) is 6.70. The second-order valence-corrected chi connectivity index (χ2v) is 13.8. The number of aromatic nitrogens is 6. The molecule has 3 aliphatic rings. The highest BCUT2D eigenvalue weighted by molar-refractivity contribution is 8.44. The average molecular weight is 667 g/mol. The molecule has 0 spiro atoms. The van der Waals surface area contributed by atoms with E-state index in [4.69, 9.17) is 38.0 Å². The molecule has 0 amide bonds. The van der Waals surface area contributed by atoms with E-state index < -0.39 is 82.1 Å². The van der Waals surface area contributed by atoms with E-state index in [1.807, 2.05) is 4.98 Å². The van der Waals surface area contributed by atoms with Gasteiger partial charge in [-0.25, -0.2) is 38.2 Å². The molecule has 0 aliphatic carbocycles. The molecule has 3 aromatic rings. The number of nitrogens with one attached hydrogen (secondary N) is 1. The molecule has 6 rings (SSSR count). The number of imidazole rings is 1. The van der Waals surface area contributed by atoms with Crippen LogP contribution in [0.15, 0.2) is 34.5 Å². The normalized spacial score (nSPS) is 37.0. The van der Waals surface area contributed by atoms with Crippen LogP contribution in [0.25, 0.3) is 11.2 Å². The molecule has 0 aromatic carbocycles. The van der Waals surface area contributed by atoms with Crippen LogP contribution in [0.2, 0.25) is 0 Å². The Hall–Kier alpha value is -2.55. The quantitative estimate of drug-likeness (QED) is 0.153. The largest absolute Gasteiger partial charge is 0.502 e. The molecule has 43 heavy (non-hydrogen) atoms. The topological polar surface area (TPSA) is 232 Å². The number of phosphoric ester groups is 1. The van der Waals surface area contributed by atoms with E-state index in [1.54, 1.807) is 0 Å². The van der Waals surface area contributed by atoms with Gasteiger partial charge in [0.25, 0.3) is 5.56 Å². The Morgan fingerprint density at radius 2 is 1.91 bits per heavy atom. The third-order valence-corrected chi connectivity index (χ3v) is 9.64. The minimum Gasteiger partial charge on any atom is -0.382 e. The molecule has 3 aromatic heterocycles. The number of halogens is 1. The van der Waals surface area contributed by atoms with E-state index in [0.29, 0.717) is 0 Å². The van der Waals surface area contributed by atoms with Crippen LogP contribution < -0.4 is 17.0 Å². The van der Waals surface area contributed by atoms with Gasteiger partial charge in [0.2, 0.25) is 0 Å². The van der Waals surface area contributed by atoms with Gasteiger partial charge in [-0.3, -0.25) is 37.0 Å². The number of alkyl halides is 1. The Kier molecular flexibility index (Phi) is 8.33. The van der Waals surface area contributed by atoms with Crippen molar-refractivity contribution in [1.29, 1.82) is 0 Å². The van der Waals surface area contributed by atoms with Gasteiger partial charge in [-0.15, -0.1) is 4.67 Å². The number of hydrogen-bond donors (Lipinski definition) is 3. The lowest BCUT2D eigenvalue weighted by atomic mass is 10.1. The molecule has 2 unspecified atom stereocenters. The van der Waals surface area contributed by atoms with E-state index in [9.17, 15) is 18.7 Å². The fraction of sp³-hybridized carbons (Fsp3) is 0.550. The van der Waals surface area contributed by atoms with Gasteiger partial charge in [0.1, 0.15) is 30.2 Å². The Morgan fingerprint density at radius 3 is 2.67 bits per heavy atom. The summed E-state index contributed by atoms with van der Waals surface area (Å²) < 4.78 is 83.6. The summed E-state index contributed by atoms with van der Waals surface area (Å²) in [6.07, 6.45) is -6.49. The number of aromatic amines is 1. The summed E-state index contributed by atoms with van der Waals surface area (Å²) in [4.78, 5) is 42.7. The zero-order chi connectivity index (χ0) is 30.5. The van der Waals surface area contributed by atoms with Crippen molar-refractivity contribution in [2.75, 3.05) is 26.1 Å². The highest BCUT2D eigenvalue weighted by Gasteiger charge is 2.52. The summed E-state index contributed by atoms with van der Waals surface area (Å²) in [5.41, 5.74) is 4.71. The number of phosphoric acid groups is 1. The molecule has 6 heterocycles. The van der Waals surface area contributed by atoms with Crippen molar-refractivity contribution in [1.82, 2.24) is 29.1 Å². The van der Waals surface area contributed by atoms with Crippen molar-refractivity contribution < 1.29 is 50.7 Å². The minimum atomic E-state index is -4.64. The van der Waals surface area contributed by atoms with Gasteiger partial charge < -0.3 is 15.2 Å². The lowest BCUT2D eigenvalue weighted by Crippen LogP contribution is -2.36. The maximum absolute atomic E-state index is 15.7. The number of thiol groups is 1. The number of fused-ring (bicyclic) bond motifs is 4. The molecule has 19 nitrogen and oxygen atoms in total. The Bertz CT molecular complexity index is 1720. The molecule has 0 saturated carbocycles. The Morgan fingerprint density at radius 1 is 1.09 bits per heavy atom. The zero-order valence-corrected chi connectivity index (χ0v) is 24.6.